The van der Waals surface area contributed by atoms with Crippen LogP contribution in [0.1, 0.15) is 40.7 Å². The van der Waals surface area contributed by atoms with Gasteiger partial charge in [-0.2, -0.15) is 26.3 Å². The van der Waals surface area contributed by atoms with Crippen molar-refractivity contribution < 1.29 is 43.9 Å². The van der Waals surface area contributed by atoms with Gasteiger partial charge in [0.2, 0.25) is 0 Å². The molecule has 0 aliphatic heterocycles. The van der Waals surface area contributed by atoms with Gasteiger partial charge in [-0.25, -0.2) is 12.8 Å². The molecule has 0 radical (unpaired) electrons. The number of ketones is 1. The fourth-order valence-corrected chi connectivity index (χ4v) is 6.31. The number of carbonyl (C=O) groups excluding carboxylic acids is 1. The minimum absolute atomic E-state index is 0.0185. The molecule has 0 saturated carbocycles. The fraction of sp³-hybridized carbons (Fsp3) is 0.348. The summed E-state index contributed by atoms with van der Waals surface area (Å²) >= 11 is 20.4. The minimum atomic E-state index is -4.94. The Labute approximate surface area is 237 Å². The third-order valence-corrected chi connectivity index (χ3v) is 8.73. The number of Topliss-reactive ketones (excluding diaryl/α,β-unsaturated/α-hetero) is 1. The molecule has 0 N–H and O–H groups in total. The zero-order chi connectivity index (χ0) is 29.2. The van der Waals surface area contributed by atoms with Crippen molar-refractivity contribution in [3.05, 3.63) is 72.6 Å². The summed E-state index contributed by atoms with van der Waals surface area (Å²) in [5.41, 5.74) is -0.854. The molecule has 2 aromatic carbocycles. The summed E-state index contributed by atoms with van der Waals surface area (Å²) < 4.78 is 117. The lowest BCUT2D eigenvalue weighted by atomic mass is 9.96. The minimum Gasteiger partial charge on any atom is -0.294 e. The Kier molecular flexibility index (Phi) is 10.8. The first kappa shape index (κ1) is 32.9. The third kappa shape index (κ3) is 9.39. The van der Waals surface area contributed by atoms with Gasteiger partial charge in [0, 0.05) is 22.0 Å². The van der Waals surface area contributed by atoms with E-state index in [1.807, 2.05) is 0 Å². The number of rotatable bonds is 9. The van der Waals surface area contributed by atoms with Crippen LogP contribution in [0.5, 0.6) is 0 Å². The lowest BCUT2D eigenvalue weighted by Crippen LogP contribution is -2.28. The van der Waals surface area contributed by atoms with Crippen LogP contribution in [0.4, 0.5) is 30.7 Å². The summed E-state index contributed by atoms with van der Waals surface area (Å²) in [7, 11) is -4.51. The van der Waals surface area contributed by atoms with Crippen LogP contribution in [0.3, 0.4) is 0 Å². The van der Waals surface area contributed by atoms with Gasteiger partial charge in [-0.15, -0.1) is 0 Å². The molecule has 0 saturated heterocycles. The summed E-state index contributed by atoms with van der Waals surface area (Å²) in [6.07, 6.45) is -10.0. The van der Waals surface area contributed by atoms with Crippen molar-refractivity contribution in [2.24, 2.45) is 5.92 Å². The van der Waals surface area contributed by atoms with E-state index < -0.39 is 69.1 Å². The van der Waals surface area contributed by atoms with Gasteiger partial charge in [0.1, 0.15) is 17.5 Å². The predicted octanol–water partition coefficient (Wildman–Crippen LogP) is 9.25. The molecule has 0 heterocycles. The second kappa shape index (κ2) is 12.4. The zero-order valence-corrected chi connectivity index (χ0v) is 23.7. The highest BCUT2D eigenvalue weighted by atomic mass is 79.9. The smallest absolute Gasteiger partial charge is 0.294 e. The first-order valence-corrected chi connectivity index (χ1v) is 14.1. The number of sulfone groups is 1. The fourth-order valence-electron chi connectivity index (χ4n) is 3.49. The van der Waals surface area contributed by atoms with E-state index in [9.17, 15) is 43.9 Å². The third-order valence-electron chi connectivity index (χ3n) is 5.03. The van der Waals surface area contributed by atoms with Crippen LogP contribution in [-0.2, 0) is 9.84 Å². The molecule has 0 amide bonds. The number of halogens is 11. The molecular formula is C23H17BrCl3F7O3S. The SMILES string of the molecule is C[C@@H](CC(=O)c1ccc(/C(F)=C/C(c2cc(Cl)c(Cl)c(Cl)c2)C(F)(F)F)cc1Br)CS(=O)(=O)CC(F)(F)F. The van der Waals surface area contributed by atoms with Crippen molar-refractivity contribution in [1.29, 1.82) is 0 Å². The van der Waals surface area contributed by atoms with Crippen LogP contribution in [0.2, 0.25) is 15.1 Å². The highest BCUT2D eigenvalue weighted by Crippen LogP contribution is 2.42. The van der Waals surface area contributed by atoms with Gasteiger partial charge in [-0.05, 0) is 41.8 Å². The Bertz CT molecular complexity index is 1320. The summed E-state index contributed by atoms with van der Waals surface area (Å²) in [6, 6.07) is 4.99. The van der Waals surface area contributed by atoms with Crippen molar-refractivity contribution >= 4 is 72.2 Å². The molecule has 2 atom stereocenters. The Morgan fingerprint density at radius 2 is 1.58 bits per heavy atom. The number of alkyl halides is 6. The lowest BCUT2D eigenvalue weighted by Gasteiger charge is -2.19. The van der Waals surface area contributed by atoms with E-state index in [0.29, 0.717) is 6.08 Å². The maximum Gasteiger partial charge on any atom is 0.402 e. The van der Waals surface area contributed by atoms with Crippen molar-refractivity contribution in [1.82, 2.24) is 0 Å². The number of hydrogen-bond acceptors (Lipinski definition) is 3. The average Bonchev–Trinajstić information content (AvgIpc) is 2.71. The topological polar surface area (TPSA) is 51.2 Å². The van der Waals surface area contributed by atoms with Crippen LogP contribution < -0.4 is 0 Å². The van der Waals surface area contributed by atoms with E-state index in [0.717, 1.165) is 30.3 Å². The number of carbonyl (C=O) groups is 1. The van der Waals surface area contributed by atoms with E-state index in [1.165, 1.54) is 6.92 Å². The van der Waals surface area contributed by atoms with E-state index in [-0.39, 0.29) is 30.7 Å². The van der Waals surface area contributed by atoms with E-state index >= 15 is 0 Å². The number of hydrogen-bond donors (Lipinski definition) is 0. The summed E-state index contributed by atoms with van der Waals surface area (Å²) in [5.74, 6) is -8.28. The first-order chi connectivity index (χ1) is 17.2. The van der Waals surface area contributed by atoms with E-state index in [1.54, 1.807) is 0 Å². The Morgan fingerprint density at radius 1 is 1.03 bits per heavy atom. The second-order valence-corrected chi connectivity index (χ2v) is 12.6. The molecule has 0 bridgehead atoms. The molecule has 1 unspecified atom stereocenters. The first-order valence-electron chi connectivity index (χ1n) is 10.4. The molecule has 0 aliphatic rings. The molecule has 0 fully saturated rings. The van der Waals surface area contributed by atoms with Crippen LogP contribution >= 0.6 is 50.7 Å². The van der Waals surface area contributed by atoms with E-state index in [2.05, 4.69) is 15.9 Å². The number of benzene rings is 2. The van der Waals surface area contributed by atoms with Crippen molar-refractivity contribution in [3.8, 4) is 0 Å². The Hall–Kier alpha value is -1.34. The Morgan fingerprint density at radius 3 is 2.05 bits per heavy atom. The van der Waals surface area contributed by atoms with Crippen LogP contribution in [0.25, 0.3) is 5.83 Å². The van der Waals surface area contributed by atoms with Gasteiger partial charge in [0.05, 0.1) is 20.8 Å². The van der Waals surface area contributed by atoms with Gasteiger partial charge in [-0.1, -0.05) is 63.7 Å². The van der Waals surface area contributed by atoms with Crippen molar-refractivity contribution in [2.75, 3.05) is 11.5 Å². The normalized spacial score (nSPS) is 14.9. The Balaban J connectivity index is 2.28. The van der Waals surface area contributed by atoms with Crippen LogP contribution in [-0.4, -0.2) is 38.1 Å². The standard InChI is InChI=1S/C23H17BrCl3F7O3S/c1-11(9-38(36,37)10-22(29,30)31)4-20(35)14-3-2-12(5-16(14)24)19(28)8-15(23(32,33)34)13-6-17(25)21(27)18(26)7-13/h2-3,5-8,11,15H,4,9-10H2,1H3/b19-8-/t11-,15?/m0/s1. The molecule has 3 nitrogen and oxygen atoms in total. The van der Waals surface area contributed by atoms with Crippen LogP contribution in [0, 0.1) is 5.92 Å². The molecule has 0 aromatic heterocycles. The molecule has 0 spiro atoms. The molecule has 15 heteroatoms. The predicted molar refractivity (Wildman–Crippen MR) is 136 cm³/mol. The van der Waals surface area contributed by atoms with Gasteiger partial charge >= 0.3 is 12.4 Å². The highest BCUT2D eigenvalue weighted by Gasteiger charge is 2.40. The average molecular weight is 693 g/mol. The molecular weight excluding hydrogens is 676 g/mol. The largest absolute Gasteiger partial charge is 0.402 e. The monoisotopic (exact) mass is 690 g/mol. The maximum atomic E-state index is 14.9. The maximum absolute atomic E-state index is 14.9. The molecule has 0 aliphatic carbocycles. The lowest BCUT2D eigenvalue weighted by molar-refractivity contribution is -0.139. The highest BCUT2D eigenvalue weighted by molar-refractivity contribution is 9.10. The number of allylic oxidation sites excluding steroid dienone is 1. The van der Waals surface area contributed by atoms with Gasteiger partial charge < -0.3 is 0 Å². The van der Waals surface area contributed by atoms with Gasteiger partial charge in [0.25, 0.3) is 0 Å². The summed E-state index contributed by atoms with van der Waals surface area (Å²) in [6.45, 7) is 1.28. The van der Waals surface area contributed by atoms with Crippen molar-refractivity contribution in [2.45, 2.75) is 31.6 Å². The zero-order valence-electron chi connectivity index (χ0n) is 19.0. The quantitative estimate of drug-likeness (QED) is 0.150. The molecule has 38 heavy (non-hydrogen) atoms. The van der Waals surface area contributed by atoms with Gasteiger partial charge in [-0.3, -0.25) is 4.79 Å². The molecule has 2 rings (SSSR count). The van der Waals surface area contributed by atoms with Gasteiger partial charge in [0.15, 0.2) is 15.6 Å². The summed E-state index contributed by atoms with van der Waals surface area (Å²) in [5, 5.41) is -0.689. The molecule has 2 aromatic rings. The van der Waals surface area contributed by atoms with E-state index in [4.69, 9.17) is 34.8 Å². The van der Waals surface area contributed by atoms with Crippen molar-refractivity contribution in [3.63, 3.8) is 0 Å². The molecule has 210 valence electrons. The summed E-state index contributed by atoms with van der Waals surface area (Å²) in [4.78, 5) is 12.6. The van der Waals surface area contributed by atoms with Crippen LogP contribution in [0.15, 0.2) is 40.9 Å². The second-order valence-electron chi connectivity index (χ2n) is 8.43.